The van der Waals surface area contributed by atoms with Gasteiger partial charge in [0.05, 0.1) is 19.4 Å². The Balaban J connectivity index is 1.49. The molecule has 1 amide bonds. The van der Waals surface area contributed by atoms with E-state index < -0.39 is 18.5 Å². The summed E-state index contributed by atoms with van der Waals surface area (Å²) in [5.74, 6) is -0.604. The number of anilines is 1. The van der Waals surface area contributed by atoms with Crippen LogP contribution in [-0.2, 0) is 9.53 Å². The lowest BCUT2D eigenvalue weighted by atomic mass is 10.1. The molecule has 158 valence electrons. The van der Waals surface area contributed by atoms with Crippen molar-refractivity contribution in [1.82, 2.24) is 4.98 Å². The number of carbonyl (C=O) groups excluding carboxylic acids is 2. The Kier molecular flexibility index (Phi) is 5.70. The molecule has 2 aromatic carbocycles. The molecular formula is C23H20N2O6. The van der Waals surface area contributed by atoms with Crippen LogP contribution < -0.4 is 14.8 Å². The summed E-state index contributed by atoms with van der Waals surface area (Å²) < 4.78 is 21.7. The van der Waals surface area contributed by atoms with Crippen LogP contribution in [-0.4, -0.2) is 37.2 Å². The number of amides is 1. The number of hydrogen-bond acceptors (Lipinski definition) is 7. The van der Waals surface area contributed by atoms with Crippen molar-refractivity contribution in [3.05, 3.63) is 60.3 Å². The number of nitrogens with zero attached hydrogens (tertiary/aromatic N) is 1. The second-order valence-electron chi connectivity index (χ2n) is 6.56. The molecule has 0 fully saturated rings. The summed E-state index contributed by atoms with van der Waals surface area (Å²) in [7, 11) is 1.51. The van der Waals surface area contributed by atoms with Crippen LogP contribution >= 0.6 is 0 Å². The van der Waals surface area contributed by atoms with Gasteiger partial charge in [-0.3, -0.25) is 4.79 Å². The summed E-state index contributed by atoms with van der Waals surface area (Å²) in [6.07, 6.45) is 1.51. The lowest BCUT2D eigenvalue weighted by Gasteiger charge is -2.11. The van der Waals surface area contributed by atoms with Crippen LogP contribution in [0.4, 0.5) is 5.69 Å². The third-order valence-corrected chi connectivity index (χ3v) is 4.58. The molecule has 0 saturated carbocycles. The Morgan fingerprint density at radius 1 is 1.06 bits per heavy atom. The molecule has 4 aromatic rings. The van der Waals surface area contributed by atoms with Crippen LogP contribution in [0.25, 0.3) is 21.9 Å². The van der Waals surface area contributed by atoms with E-state index in [1.807, 2.05) is 24.3 Å². The van der Waals surface area contributed by atoms with Gasteiger partial charge in [0.25, 0.3) is 5.91 Å². The number of aromatic nitrogens is 1. The summed E-state index contributed by atoms with van der Waals surface area (Å²) in [4.78, 5) is 28.7. The first-order valence-corrected chi connectivity index (χ1v) is 9.64. The second-order valence-corrected chi connectivity index (χ2v) is 6.56. The fraction of sp³-hybridized carbons (Fsp3) is 0.174. The van der Waals surface area contributed by atoms with E-state index in [1.165, 1.54) is 19.4 Å². The van der Waals surface area contributed by atoms with Crippen LogP contribution in [0.15, 0.2) is 59.1 Å². The largest absolute Gasteiger partial charge is 0.495 e. The first-order valence-electron chi connectivity index (χ1n) is 9.64. The normalized spacial score (nSPS) is 10.8. The molecule has 2 aromatic heterocycles. The molecule has 31 heavy (non-hydrogen) atoms. The predicted octanol–water partition coefficient (Wildman–Crippen LogP) is 4.18. The van der Waals surface area contributed by atoms with Crippen molar-refractivity contribution in [2.45, 2.75) is 6.92 Å². The quantitative estimate of drug-likeness (QED) is 0.448. The highest BCUT2D eigenvalue weighted by Gasteiger charge is 2.18. The van der Waals surface area contributed by atoms with E-state index >= 15 is 0 Å². The van der Waals surface area contributed by atoms with Gasteiger partial charge in [-0.15, -0.1) is 0 Å². The van der Waals surface area contributed by atoms with Crippen LogP contribution in [0.5, 0.6) is 11.6 Å². The fourth-order valence-corrected chi connectivity index (χ4v) is 3.21. The number of rotatable bonds is 7. The molecule has 0 spiro atoms. The molecule has 0 aliphatic rings. The highest BCUT2D eigenvalue weighted by molar-refractivity contribution is 6.08. The van der Waals surface area contributed by atoms with Gasteiger partial charge in [0.2, 0.25) is 5.88 Å². The van der Waals surface area contributed by atoms with Crippen LogP contribution in [0.1, 0.15) is 17.3 Å². The third kappa shape index (κ3) is 4.13. The van der Waals surface area contributed by atoms with Gasteiger partial charge in [-0.1, -0.05) is 18.2 Å². The molecule has 0 aliphatic carbocycles. The van der Waals surface area contributed by atoms with E-state index in [0.29, 0.717) is 23.6 Å². The topological polar surface area (TPSA) is 99.9 Å². The molecule has 0 radical (unpaired) electrons. The van der Waals surface area contributed by atoms with Crippen molar-refractivity contribution in [2.75, 3.05) is 25.6 Å². The summed E-state index contributed by atoms with van der Waals surface area (Å²) in [5, 5.41) is 4.52. The lowest BCUT2D eigenvalue weighted by molar-refractivity contribution is -0.119. The average molecular weight is 420 g/mol. The number of benzene rings is 2. The molecule has 0 saturated heterocycles. The standard InChI is InChI=1S/C23H20N2O6/c1-3-29-22-15(8-6-10-24-22)23(27)30-13-21(26)25-17-12-19-16(11-20(17)28-2)14-7-4-5-9-18(14)31-19/h4-12H,3,13H2,1-2H3,(H,25,26). The smallest absolute Gasteiger partial charge is 0.344 e. The summed E-state index contributed by atoms with van der Waals surface area (Å²) in [6, 6.07) is 14.2. The van der Waals surface area contributed by atoms with Crippen LogP contribution in [0.2, 0.25) is 0 Å². The number of methoxy groups -OCH3 is 1. The number of hydrogen-bond donors (Lipinski definition) is 1. The highest BCUT2D eigenvalue weighted by Crippen LogP contribution is 2.36. The number of esters is 1. The van der Waals surface area contributed by atoms with Crippen LogP contribution in [0.3, 0.4) is 0 Å². The number of para-hydroxylation sites is 1. The molecule has 0 unspecified atom stereocenters. The predicted molar refractivity (Wildman–Crippen MR) is 115 cm³/mol. The minimum absolute atomic E-state index is 0.151. The SMILES string of the molecule is CCOc1ncccc1C(=O)OCC(=O)Nc1cc2oc3ccccc3c2cc1OC. The Morgan fingerprint density at radius 2 is 1.90 bits per heavy atom. The second kappa shape index (κ2) is 8.74. The Morgan fingerprint density at radius 3 is 2.71 bits per heavy atom. The van der Waals surface area contributed by atoms with Gasteiger partial charge in [-0.2, -0.15) is 0 Å². The molecule has 0 atom stereocenters. The first-order chi connectivity index (χ1) is 15.1. The van der Waals surface area contributed by atoms with E-state index in [0.717, 1.165) is 16.4 Å². The maximum atomic E-state index is 12.4. The van der Waals surface area contributed by atoms with Gasteiger partial charge in [0.15, 0.2) is 6.61 Å². The van der Waals surface area contributed by atoms with E-state index in [9.17, 15) is 9.59 Å². The van der Waals surface area contributed by atoms with Crippen molar-refractivity contribution < 1.29 is 28.2 Å². The van der Waals surface area contributed by atoms with Crippen molar-refractivity contribution in [3.8, 4) is 11.6 Å². The van der Waals surface area contributed by atoms with E-state index in [1.54, 1.807) is 25.1 Å². The first kappa shape index (κ1) is 20.2. The Labute approximate surface area is 177 Å². The molecule has 8 heteroatoms. The van der Waals surface area contributed by atoms with Crippen molar-refractivity contribution in [1.29, 1.82) is 0 Å². The molecule has 2 heterocycles. The minimum atomic E-state index is -0.702. The monoisotopic (exact) mass is 420 g/mol. The van der Waals surface area contributed by atoms with Gasteiger partial charge in [0, 0.05) is 23.0 Å². The highest BCUT2D eigenvalue weighted by atomic mass is 16.5. The van der Waals surface area contributed by atoms with Crippen molar-refractivity contribution in [3.63, 3.8) is 0 Å². The van der Waals surface area contributed by atoms with E-state index in [4.69, 9.17) is 18.6 Å². The average Bonchev–Trinajstić information content (AvgIpc) is 3.15. The molecule has 0 aliphatic heterocycles. The molecule has 8 nitrogen and oxygen atoms in total. The zero-order chi connectivity index (χ0) is 21.8. The number of carbonyl (C=O) groups is 2. The zero-order valence-electron chi connectivity index (χ0n) is 17.0. The number of furan rings is 1. The number of pyridine rings is 1. The maximum absolute atomic E-state index is 12.4. The zero-order valence-corrected chi connectivity index (χ0v) is 17.0. The molecule has 0 bridgehead atoms. The van der Waals surface area contributed by atoms with Crippen LogP contribution in [0, 0.1) is 0 Å². The van der Waals surface area contributed by atoms with Crippen molar-refractivity contribution in [2.24, 2.45) is 0 Å². The molecule has 1 N–H and O–H groups in total. The van der Waals surface area contributed by atoms with Gasteiger partial charge in [-0.25, -0.2) is 9.78 Å². The summed E-state index contributed by atoms with van der Waals surface area (Å²) in [5.41, 5.74) is 1.90. The Hall–Kier alpha value is -4.07. The maximum Gasteiger partial charge on any atom is 0.344 e. The lowest BCUT2D eigenvalue weighted by Crippen LogP contribution is -2.21. The fourth-order valence-electron chi connectivity index (χ4n) is 3.21. The van der Waals surface area contributed by atoms with Gasteiger partial charge in [0.1, 0.15) is 22.5 Å². The van der Waals surface area contributed by atoms with Crippen molar-refractivity contribution >= 4 is 39.5 Å². The summed E-state index contributed by atoms with van der Waals surface area (Å²) in [6.45, 7) is 1.64. The van der Waals surface area contributed by atoms with Gasteiger partial charge >= 0.3 is 5.97 Å². The van der Waals surface area contributed by atoms with E-state index in [-0.39, 0.29) is 11.4 Å². The van der Waals surface area contributed by atoms with E-state index in [2.05, 4.69) is 10.3 Å². The third-order valence-electron chi connectivity index (χ3n) is 4.58. The minimum Gasteiger partial charge on any atom is -0.495 e. The summed E-state index contributed by atoms with van der Waals surface area (Å²) >= 11 is 0. The van der Waals surface area contributed by atoms with Gasteiger partial charge in [-0.05, 0) is 31.2 Å². The molecule has 4 rings (SSSR count). The number of ether oxygens (including phenoxy) is 3. The molecular weight excluding hydrogens is 400 g/mol. The number of fused-ring (bicyclic) bond motifs is 3. The number of nitrogens with one attached hydrogen (secondary N) is 1. The Bertz CT molecular complexity index is 1260. The van der Waals surface area contributed by atoms with Gasteiger partial charge < -0.3 is 23.9 Å².